The molecule has 0 radical (unpaired) electrons. The zero-order chi connectivity index (χ0) is 13.6. The van der Waals surface area contributed by atoms with Crippen LogP contribution < -0.4 is 4.90 Å². The summed E-state index contributed by atoms with van der Waals surface area (Å²) in [7, 11) is 1.67. The van der Waals surface area contributed by atoms with E-state index in [0.717, 1.165) is 23.8 Å². The molecule has 1 aliphatic heterocycles. The van der Waals surface area contributed by atoms with Crippen molar-refractivity contribution in [3.63, 3.8) is 0 Å². The summed E-state index contributed by atoms with van der Waals surface area (Å²) in [6.45, 7) is 2.57. The van der Waals surface area contributed by atoms with E-state index in [-0.39, 0.29) is 6.03 Å². The molecule has 2 aliphatic rings. The molecule has 104 valence electrons. The molecule has 1 aliphatic carbocycles. The fraction of sp³-hybridized carbons (Fsp3) is 0.750. The van der Waals surface area contributed by atoms with Gasteiger partial charge in [-0.3, -0.25) is 0 Å². The quantitative estimate of drug-likeness (QED) is 0.895. The lowest BCUT2D eigenvalue weighted by Gasteiger charge is -2.14. The van der Waals surface area contributed by atoms with Gasteiger partial charge in [-0.2, -0.15) is 0 Å². The number of hydrogen-bond acceptors (Lipinski definition) is 5. The second kappa shape index (κ2) is 4.72. The van der Waals surface area contributed by atoms with E-state index in [1.807, 2.05) is 0 Å². The lowest BCUT2D eigenvalue weighted by Crippen LogP contribution is -2.34. The third-order valence-corrected chi connectivity index (χ3v) is 5.03. The third kappa shape index (κ3) is 2.21. The molecule has 3 rings (SSSR count). The highest BCUT2D eigenvalue weighted by atomic mass is 32.1. The minimum absolute atomic E-state index is 0.213. The molecule has 1 aromatic heterocycles. The second-order valence-corrected chi connectivity index (χ2v) is 6.54. The van der Waals surface area contributed by atoms with Gasteiger partial charge in [0.2, 0.25) is 5.13 Å². The molecule has 19 heavy (non-hydrogen) atoms. The Bertz CT molecular complexity index is 492. The van der Waals surface area contributed by atoms with Gasteiger partial charge in [-0.15, -0.1) is 10.2 Å². The smallest absolute Gasteiger partial charge is 0.328 e. The van der Waals surface area contributed by atoms with Crippen LogP contribution in [-0.2, 0) is 0 Å². The van der Waals surface area contributed by atoms with Crippen molar-refractivity contribution in [3.8, 4) is 0 Å². The van der Waals surface area contributed by atoms with E-state index in [1.165, 1.54) is 27.6 Å². The van der Waals surface area contributed by atoms with E-state index < -0.39 is 6.23 Å². The largest absolute Gasteiger partial charge is 0.371 e. The first-order valence-electron chi connectivity index (χ1n) is 6.62. The van der Waals surface area contributed by atoms with Crippen molar-refractivity contribution in [1.29, 1.82) is 0 Å². The van der Waals surface area contributed by atoms with Crippen LogP contribution in [0.2, 0.25) is 0 Å². The molecule has 6 nitrogen and oxygen atoms in total. The Hall–Kier alpha value is -1.21. The molecule has 1 N–H and O–H groups in total. The first kappa shape index (κ1) is 12.8. The SMILES string of the molecule is CC1CCC(c2nnc(N3C(=O)N(C)CC3O)s2)C1. The molecule has 7 heteroatoms. The van der Waals surface area contributed by atoms with Crippen LogP contribution >= 0.6 is 11.3 Å². The number of aliphatic hydroxyl groups excluding tert-OH is 1. The number of rotatable bonds is 2. The zero-order valence-electron chi connectivity index (χ0n) is 11.1. The Kier molecular flexibility index (Phi) is 3.18. The molecule has 1 saturated heterocycles. The normalized spacial score (nSPS) is 31.5. The summed E-state index contributed by atoms with van der Waals surface area (Å²) in [5, 5.41) is 19.7. The molecule has 2 heterocycles. The topological polar surface area (TPSA) is 69.6 Å². The van der Waals surface area contributed by atoms with Gasteiger partial charge < -0.3 is 10.0 Å². The Morgan fingerprint density at radius 3 is 2.74 bits per heavy atom. The summed E-state index contributed by atoms with van der Waals surface area (Å²) in [6.07, 6.45) is 2.70. The Balaban J connectivity index is 1.80. The summed E-state index contributed by atoms with van der Waals surface area (Å²) < 4.78 is 0. The Morgan fingerprint density at radius 1 is 1.37 bits per heavy atom. The minimum Gasteiger partial charge on any atom is -0.371 e. The molecule has 2 fully saturated rings. The maximum absolute atomic E-state index is 11.9. The monoisotopic (exact) mass is 282 g/mol. The van der Waals surface area contributed by atoms with Crippen LogP contribution in [0.25, 0.3) is 0 Å². The van der Waals surface area contributed by atoms with E-state index >= 15 is 0 Å². The highest BCUT2D eigenvalue weighted by molar-refractivity contribution is 7.15. The predicted octanol–water partition coefficient (Wildman–Crippen LogP) is 1.63. The maximum atomic E-state index is 11.9. The molecule has 1 aromatic rings. The van der Waals surface area contributed by atoms with Gasteiger partial charge in [0, 0.05) is 13.0 Å². The lowest BCUT2D eigenvalue weighted by molar-refractivity contribution is 0.183. The molecule has 0 aromatic carbocycles. The number of nitrogens with zero attached hydrogens (tertiary/aromatic N) is 4. The summed E-state index contributed by atoms with van der Waals surface area (Å²) in [5.74, 6) is 1.20. The molecule has 2 amide bonds. The number of aromatic nitrogens is 2. The van der Waals surface area contributed by atoms with Crippen molar-refractivity contribution in [2.24, 2.45) is 5.92 Å². The van der Waals surface area contributed by atoms with Crippen molar-refractivity contribution < 1.29 is 9.90 Å². The number of aliphatic hydroxyl groups is 1. The van der Waals surface area contributed by atoms with Gasteiger partial charge in [0.1, 0.15) is 5.01 Å². The first-order chi connectivity index (χ1) is 9.06. The molecule has 3 atom stereocenters. The highest BCUT2D eigenvalue weighted by Crippen LogP contribution is 2.40. The summed E-state index contributed by atoms with van der Waals surface area (Å²) in [5.41, 5.74) is 0. The lowest BCUT2D eigenvalue weighted by atomic mass is 10.1. The van der Waals surface area contributed by atoms with E-state index in [9.17, 15) is 9.90 Å². The van der Waals surface area contributed by atoms with Crippen LogP contribution in [-0.4, -0.2) is 46.1 Å². The molecule has 1 saturated carbocycles. The van der Waals surface area contributed by atoms with Crippen LogP contribution in [0.5, 0.6) is 0 Å². The number of carbonyl (C=O) groups is 1. The Morgan fingerprint density at radius 2 is 2.16 bits per heavy atom. The number of hydrogen-bond donors (Lipinski definition) is 1. The number of urea groups is 1. The average molecular weight is 282 g/mol. The van der Waals surface area contributed by atoms with Crippen LogP contribution in [0.15, 0.2) is 0 Å². The van der Waals surface area contributed by atoms with Crippen molar-refractivity contribution in [2.45, 2.75) is 38.3 Å². The fourth-order valence-electron chi connectivity index (χ4n) is 2.85. The van der Waals surface area contributed by atoms with Crippen LogP contribution in [0.4, 0.5) is 9.93 Å². The van der Waals surface area contributed by atoms with E-state index in [2.05, 4.69) is 17.1 Å². The molecule has 0 spiro atoms. The van der Waals surface area contributed by atoms with E-state index in [1.54, 1.807) is 7.05 Å². The first-order valence-corrected chi connectivity index (χ1v) is 7.43. The maximum Gasteiger partial charge on any atom is 0.328 e. The molecule has 3 unspecified atom stereocenters. The molecular weight excluding hydrogens is 264 g/mol. The van der Waals surface area contributed by atoms with Crippen molar-refractivity contribution in [2.75, 3.05) is 18.5 Å². The van der Waals surface area contributed by atoms with Crippen LogP contribution in [0, 0.1) is 5.92 Å². The van der Waals surface area contributed by atoms with Gasteiger partial charge in [-0.1, -0.05) is 24.7 Å². The van der Waals surface area contributed by atoms with E-state index in [0.29, 0.717) is 17.6 Å². The van der Waals surface area contributed by atoms with Gasteiger partial charge in [-0.25, -0.2) is 9.69 Å². The number of carbonyl (C=O) groups excluding carboxylic acids is 1. The predicted molar refractivity (Wildman–Crippen MR) is 72.2 cm³/mol. The van der Waals surface area contributed by atoms with Gasteiger partial charge >= 0.3 is 6.03 Å². The van der Waals surface area contributed by atoms with Gasteiger partial charge in [0.15, 0.2) is 6.23 Å². The Labute approximate surface area is 116 Å². The standard InChI is InChI=1S/C12H18N4O2S/c1-7-3-4-8(5-7)10-13-14-11(19-10)16-9(17)6-15(2)12(16)18/h7-9,17H,3-6H2,1-2H3. The van der Waals surface area contributed by atoms with Gasteiger partial charge in [0.25, 0.3) is 0 Å². The summed E-state index contributed by atoms with van der Waals surface area (Å²) in [6, 6.07) is -0.213. The molecule has 0 bridgehead atoms. The number of amides is 2. The summed E-state index contributed by atoms with van der Waals surface area (Å²) >= 11 is 1.44. The van der Waals surface area contributed by atoms with Crippen molar-refractivity contribution in [1.82, 2.24) is 15.1 Å². The number of anilines is 1. The van der Waals surface area contributed by atoms with Gasteiger partial charge in [0.05, 0.1) is 6.54 Å². The fourth-order valence-corrected chi connectivity index (χ4v) is 3.87. The number of likely N-dealkylation sites (N-methyl/N-ethyl adjacent to an activating group) is 1. The van der Waals surface area contributed by atoms with Crippen LogP contribution in [0.3, 0.4) is 0 Å². The summed E-state index contributed by atoms with van der Waals surface area (Å²) in [4.78, 5) is 14.8. The zero-order valence-corrected chi connectivity index (χ0v) is 11.9. The highest BCUT2D eigenvalue weighted by Gasteiger charge is 2.37. The minimum atomic E-state index is -0.819. The van der Waals surface area contributed by atoms with Crippen molar-refractivity contribution >= 4 is 22.5 Å². The second-order valence-electron chi connectivity index (χ2n) is 5.55. The van der Waals surface area contributed by atoms with Crippen molar-refractivity contribution in [3.05, 3.63) is 5.01 Å². The van der Waals surface area contributed by atoms with Gasteiger partial charge in [-0.05, 0) is 18.8 Å². The number of β-amino-alcohol motifs (C(OH)–C–C–N with tert-alkyl or cyclic N) is 1. The third-order valence-electron chi connectivity index (χ3n) is 3.95. The van der Waals surface area contributed by atoms with E-state index in [4.69, 9.17) is 0 Å². The molecular formula is C12H18N4O2S. The van der Waals surface area contributed by atoms with Crippen LogP contribution in [0.1, 0.15) is 37.1 Å². The average Bonchev–Trinajstić information content (AvgIpc) is 3.02.